The van der Waals surface area contributed by atoms with Gasteiger partial charge in [0.15, 0.2) is 0 Å². The van der Waals surface area contributed by atoms with Crippen molar-refractivity contribution in [3.8, 4) is 11.5 Å². The van der Waals surface area contributed by atoms with Crippen LogP contribution >= 0.6 is 0 Å². The molecule has 34 heavy (non-hydrogen) atoms. The Hall–Kier alpha value is -4.19. The van der Waals surface area contributed by atoms with E-state index in [2.05, 4.69) is 4.90 Å². The first-order valence-electron chi connectivity index (χ1n) is 10.1. The number of ether oxygens (including phenoxy) is 2. The Kier molecular flexibility index (Phi) is 9.32. The predicted octanol–water partition coefficient (Wildman–Crippen LogP) is 1.73. The number of rotatable bonds is 6. The molecule has 12 heteroatoms. The van der Waals surface area contributed by atoms with Gasteiger partial charge in [-0.3, -0.25) is 19.8 Å². The smallest absolute Gasteiger partial charge is 0.414 e. The molecule has 0 aliphatic carbocycles. The van der Waals surface area contributed by atoms with Gasteiger partial charge in [0.05, 0.1) is 19.1 Å². The molecule has 2 N–H and O–H groups in total. The number of carbonyl (C=O) groups is 3. The predicted molar refractivity (Wildman–Crippen MR) is 119 cm³/mol. The Bertz CT molecular complexity index is 1020. The zero-order valence-electron chi connectivity index (χ0n) is 18.7. The van der Waals surface area contributed by atoms with Crippen LogP contribution in [0.25, 0.3) is 0 Å². The van der Waals surface area contributed by atoms with Crippen molar-refractivity contribution in [2.24, 2.45) is 0 Å². The molecule has 0 bridgehead atoms. The van der Waals surface area contributed by atoms with Gasteiger partial charge >= 0.3 is 11.9 Å². The second-order valence-corrected chi connectivity index (χ2v) is 7.16. The third-order valence-corrected chi connectivity index (χ3v) is 5.05. The second-order valence-electron chi connectivity index (χ2n) is 7.16. The second kappa shape index (κ2) is 12.2. The molecule has 1 saturated heterocycles. The van der Waals surface area contributed by atoms with Crippen LogP contribution in [0.1, 0.15) is 15.9 Å². The van der Waals surface area contributed by atoms with Crippen LogP contribution in [0.4, 0.5) is 5.69 Å². The number of aliphatic carboxylic acids is 2. The first-order chi connectivity index (χ1) is 16.2. The number of nitro groups is 1. The molecule has 12 nitrogen and oxygen atoms in total. The van der Waals surface area contributed by atoms with E-state index >= 15 is 0 Å². The van der Waals surface area contributed by atoms with Gasteiger partial charge in [0, 0.05) is 56.0 Å². The van der Waals surface area contributed by atoms with Gasteiger partial charge in [0.2, 0.25) is 0 Å². The van der Waals surface area contributed by atoms with Crippen molar-refractivity contribution >= 4 is 23.5 Å². The normalized spacial score (nSPS) is 13.3. The molecule has 0 atom stereocenters. The Morgan fingerprint density at radius 2 is 1.53 bits per heavy atom. The average molecular weight is 475 g/mol. The number of carboxylic acid groups (broad SMARTS) is 2. The largest absolute Gasteiger partial charge is 0.497 e. The summed E-state index contributed by atoms with van der Waals surface area (Å²) >= 11 is 0. The number of hydrogen-bond donors (Lipinski definition) is 2. The molecule has 2 aromatic carbocycles. The summed E-state index contributed by atoms with van der Waals surface area (Å²) in [5.74, 6) is -2.16. The highest BCUT2D eigenvalue weighted by molar-refractivity contribution is 6.27. The van der Waals surface area contributed by atoms with Crippen LogP contribution in [-0.2, 0) is 16.1 Å². The number of nitrogens with zero attached hydrogens (tertiary/aromatic N) is 3. The molecule has 0 saturated carbocycles. The van der Waals surface area contributed by atoms with Crippen molar-refractivity contribution in [2.75, 3.05) is 40.4 Å². The molecule has 1 amide bonds. The fourth-order valence-corrected chi connectivity index (χ4v) is 3.26. The van der Waals surface area contributed by atoms with Gasteiger partial charge in [-0.1, -0.05) is 0 Å². The number of carboxylic acids is 2. The van der Waals surface area contributed by atoms with E-state index in [4.69, 9.17) is 29.3 Å². The van der Waals surface area contributed by atoms with Gasteiger partial charge < -0.3 is 24.6 Å². The van der Waals surface area contributed by atoms with Gasteiger partial charge in [0.1, 0.15) is 11.5 Å². The summed E-state index contributed by atoms with van der Waals surface area (Å²) in [6, 6.07) is 11.5. The molecule has 3 rings (SSSR count). The van der Waals surface area contributed by atoms with Crippen molar-refractivity contribution in [1.82, 2.24) is 9.80 Å². The molecule has 1 heterocycles. The van der Waals surface area contributed by atoms with Crippen LogP contribution in [-0.4, -0.2) is 83.2 Å². The van der Waals surface area contributed by atoms with E-state index in [1.807, 2.05) is 18.2 Å². The fraction of sp³-hybridized carbons (Fsp3) is 0.318. The summed E-state index contributed by atoms with van der Waals surface area (Å²) in [6.07, 6.45) is 0. The number of amides is 1. The lowest BCUT2D eigenvalue weighted by molar-refractivity contribution is -0.384. The summed E-state index contributed by atoms with van der Waals surface area (Å²) in [6.45, 7) is 3.38. The average Bonchev–Trinajstić information content (AvgIpc) is 2.84. The van der Waals surface area contributed by atoms with Gasteiger partial charge in [0.25, 0.3) is 11.6 Å². The lowest BCUT2D eigenvalue weighted by Crippen LogP contribution is -2.48. The van der Waals surface area contributed by atoms with E-state index in [1.54, 1.807) is 19.1 Å². The third kappa shape index (κ3) is 7.17. The Labute approximate surface area is 195 Å². The highest BCUT2D eigenvalue weighted by Crippen LogP contribution is 2.26. The monoisotopic (exact) mass is 475 g/mol. The highest BCUT2D eigenvalue weighted by Gasteiger charge is 2.23. The van der Waals surface area contributed by atoms with Crippen LogP contribution in [0.5, 0.6) is 11.5 Å². The molecular formula is C22H25N3O9. The third-order valence-electron chi connectivity index (χ3n) is 5.05. The maximum absolute atomic E-state index is 12.6. The Morgan fingerprint density at radius 1 is 0.941 bits per heavy atom. The standard InChI is InChI=1S/C20H23N3O5.C2H2O4/c1-27-18-7-8-19(28-2)16(13-18)14-21-9-11-22(12-10-21)20(24)15-3-5-17(6-4-15)23(25)26;3-1(4)2(5)6/h3-8,13H,9-12,14H2,1-2H3;(H,3,4)(H,5,6). The summed E-state index contributed by atoms with van der Waals surface area (Å²) in [7, 11) is 3.28. The molecule has 0 spiro atoms. The van der Waals surface area contributed by atoms with E-state index in [-0.39, 0.29) is 11.6 Å². The topological polar surface area (TPSA) is 160 Å². The molecule has 182 valence electrons. The zero-order valence-corrected chi connectivity index (χ0v) is 18.7. The minimum absolute atomic E-state index is 0.0198. The van der Waals surface area contributed by atoms with Gasteiger partial charge in [-0.25, -0.2) is 9.59 Å². The van der Waals surface area contributed by atoms with Crippen LogP contribution in [0, 0.1) is 10.1 Å². The quantitative estimate of drug-likeness (QED) is 0.358. The molecule has 2 aromatic rings. The van der Waals surface area contributed by atoms with Crippen molar-refractivity contribution in [3.63, 3.8) is 0 Å². The van der Waals surface area contributed by atoms with Gasteiger partial charge in [-0.05, 0) is 30.3 Å². The molecule has 1 fully saturated rings. The van der Waals surface area contributed by atoms with Crippen LogP contribution in [0.3, 0.4) is 0 Å². The van der Waals surface area contributed by atoms with Crippen molar-refractivity contribution in [3.05, 3.63) is 63.7 Å². The van der Waals surface area contributed by atoms with E-state index in [9.17, 15) is 14.9 Å². The Balaban J connectivity index is 0.000000604. The number of hydrogen-bond acceptors (Lipinski definition) is 8. The maximum Gasteiger partial charge on any atom is 0.414 e. The highest BCUT2D eigenvalue weighted by atomic mass is 16.6. The number of methoxy groups -OCH3 is 2. The van der Waals surface area contributed by atoms with E-state index in [0.717, 1.165) is 30.2 Å². The minimum Gasteiger partial charge on any atom is -0.497 e. The summed E-state index contributed by atoms with van der Waals surface area (Å²) in [4.78, 5) is 45.1. The number of benzene rings is 2. The van der Waals surface area contributed by atoms with E-state index in [0.29, 0.717) is 25.2 Å². The number of nitro benzene ring substituents is 1. The number of carbonyl (C=O) groups excluding carboxylic acids is 1. The van der Waals surface area contributed by atoms with Crippen LogP contribution < -0.4 is 9.47 Å². The van der Waals surface area contributed by atoms with Crippen LogP contribution in [0.2, 0.25) is 0 Å². The molecule has 0 aromatic heterocycles. The molecule has 0 unspecified atom stereocenters. The van der Waals surface area contributed by atoms with Gasteiger partial charge in [-0.15, -0.1) is 0 Å². The zero-order chi connectivity index (χ0) is 25.3. The van der Waals surface area contributed by atoms with E-state index < -0.39 is 16.9 Å². The summed E-state index contributed by atoms with van der Waals surface area (Å²) in [5.41, 5.74) is 1.49. The van der Waals surface area contributed by atoms with E-state index in [1.165, 1.54) is 24.3 Å². The lowest BCUT2D eigenvalue weighted by atomic mass is 10.1. The van der Waals surface area contributed by atoms with Crippen LogP contribution in [0.15, 0.2) is 42.5 Å². The first kappa shape index (κ1) is 26.1. The van der Waals surface area contributed by atoms with Crippen molar-refractivity contribution in [2.45, 2.75) is 6.54 Å². The molecule has 1 aliphatic heterocycles. The lowest BCUT2D eigenvalue weighted by Gasteiger charge is -2.35. The number of piperazine rings is 1. The first-order valence-corrected chi connectivity index (χ1v) is 10.1. The Morgan fingerprint density at radius 3 is 2.00 bits per heavy atom. The molecule has 1 aliphatic rings. The minimum atomic E-state index is -1.82. The SMILES string of the molecule is COc1ccc(OC)c(CN2CCN(C(=O)c3ccc([N+](=O)[O-])cc3)CC2)c1.O=C(O)C(=O)O. The summed E-state index contributed by atoms with van der Waals surface area (Å²) in [5, 5.41) is 25.5. The van der Waals surface area contributed by atoms with Crippen molar-refractivity contribution < 1.29 is 39.0 Å². The van der Waals surface area contributed by atoms with Gasteiger partial charge in [-0.2, -0.15) is 0 Å². The fourth-order valence-electron chi connectivity index (χ4n) is 3.26. The molecule has 0 radical (unpaired) electrons. The summed E-state index contributed by atoms with van der Waals surface area (Å²) < 4.78 is 10.7. The molecular weight excluding hydrogens is 450 g/mol. The maximum atomic E-state index is 12.6. The van der Waals surface area contributed by atoms with Crippen molar-refractivity contribution in [1.29, 1.82) is 0 Å². The number of non-ortho nitro benzene ring substituents is 1.